The van der Waals surface area contributed by atoms with Crippen LogP contribution < -0.4 is 20.7 Å². The standard InChI is InChI=1S/C25H33N3O3S/c1-3-5-7-10-18-31-22-12-9-8-11-21(22)24(30)28-25(32)27-20-15-13-19(14-16-20)23(29)26-17-6-4-2/h8-9,11-16H,3-7,10,17-18H2,1-2H3,(H,26,29)(H2,27,28,30,32). The Hall–Kier alpha value is -2.93. The Morgan fingerprint density at radius 3 is 2.31 bits per heavy atom. The highest BCUT2D eigenvalue weighted by Crippen LogP contribution is 2.18. The Bertz CT molecular complexity index is 884. The predicted octanol–water partition coefficient (Wildman–Crippen LogP) is 5.30. The van der Waals surface area contributed by atoms with Crippen LogP contribution >= 0.6 is 12.2 Å². The maximum Gasteiger partial charge on any atom is 0.261 e. The molecule has 0 fully saturated rings. The first-order valence-corrected chi connectivity index (χ1v) is 11.7. The molecule has 0 heterocycles. The van der Waals surface area contributed by atoms with Crippen LogP contribution in [0.2, 0.25) is 0 Å². The lowest BCUT2D eigenvalue weighted by molar-refractivity contribution is 0.0950. The summed E-state index contributed by atoms with van der Waals surface area (Å²) in [5.74, 6) is 0.105. The Morgan fingerprint density at radius 2 is 1.59 bits per heavy atom. The molecule has 172 valence electrons. The summed E-state index contributed by atoms with van der Waals surface area (Å²) in [5.41, 5.74) is 1.69. The number of hydrogen-bond acceptors (Lipinski definition) is 4. The van der Waals surface area contributed by atoms with Gasteiger partial charge in [-0.1, -0.05) is 51.7 Å². The maximum absolute atomic E-state index is 12.7. The maximum atomic E-state index is 12.7. The van der Waals surface area contributed by atoms with Gasteiger partial charge in [0.05, 0.1) is 12.2 Å². The number of anilines is 1. The zero-order valence-electron chi connectivity index (χ0n) is 18.9. The van der Waals surface area contributed by atoms with Crippen molar-refractivity contribution in [3.05, 3.63) is 59.7 Å². The molecule has 0 saturated heterocycles. The molecule has 0 radical (unpaired) electrons. The van der Waals surface area contributed by atoms with Crippen LogP contribution in [0.15, 0.2) is 48.5 Å². The molecule has 2 rings (SSSR count). The minimum Gasteiger partial charge on any atom is -0.493 e. The second-order valence-electron chi connectivity index (χ2n) is 7.50. The molecule has 2 amide bonds. The van der Waals surface area contributed by atoms with Gasteiger partial charge < -0.3 is 15.4 Å². The van der Waals surface area contributed by atoms with Gasteiger partial charge in [-0.05, 0) is 61.5 Å². The van der Waals surface area contributed by atoms with Gasteiger partial charge in [-0.25, -0.2) is 0 Å². The number of carbonyl (C=O) groups excluding carboxylic acids is 2. The molecule has 2 aromatic carbocycles. The second-order valence-corrected chi connectivity index (χ2v) is 7.91. The van der Waals surface area contributed by atoms with Crippen LogP contribution in [0, 0.1) is 0 Å². The lowest BCUT2D eigenvalue weighted by atomic mass is 10.2. The fraction of sp³-hybridized carbons (Fsp3) is 0.400. The smallest absolute Gasteiger partial charge is 0.261 e. The average molecular weight is 456 g/mol. The molecule has 7 heteroatoms. The van der Waals surface area contributed by atoms with Crippen molar-refractivity contribution in [3.8, 4) is 5.75 Å². The summed E-state index contributed by atoms with van der Waals surface area (Å²) in [4.78, 5) is 24.8. The lowest BCUT2D eigenvalue weighted by Gasteiger charge is -2.13. The number of benzene rings is 2. The summed E-state index contributed by atoms with van der Waals surface area (Å²) in [6.07, 6.45) is 6.39. The molecular formula is C25H33N3O3S. The van der Waals surface area contributed by atoms with E-state index in [2.05, 4.69) is 29.8 Å². The van der Waals surface area contributed by atoms with E-state index < -0.39 is 0 Å². The number of ether oxygens (including phenoxy) is 1. The molecule has 0 unspecified atom stereocenters. The molecule has 32 heavy (non-hydrogen) atoms. The molecule has 0 saturated carbocycles. The van der Waals surface area contributed by atoms with Gasteiger partial charge in [-0.3, -0.25) is 14.9 Å². The quantitative estimate of drug-likeness (QED) is 0.299. The Labute approximate surface area is 196 Å². The molecule has 0 aromatic heterocycles. The highest BCUT2D eigenvalue weighted by Gasteiger charge is 2.14. The van der Waals surface area contributed by atoms with Crippen LogP contribution in [0.25, 0.3) is 0 Å². The van der Waals surface area contributed by atoms with Crippen molar-refractivity contribution in [2.24, 2.45) is 0 Å². The zero-order valence-corrected chi connectivity index (χ0v) is 19.7. The van der Waals surface area contributed by atoms with Crippen molar-refractivity contribution in [3.63, 3.8) is 0 Å². The van der Waals surface area contributed by atoms with Crippen molar-refractivity contribution < 1.29 is 14.3 Å². The molecule has 3 N–H and O–H groups in total. The molecule has 0 bridgehead atoms. The van der Waals surface area contributed by atoms with Crippen LogP contribution in [0.4, 0.5) is 5.69 Å². The summed E-state index contributed by atoms with van der Waals surface area (Å²) in [6.45, 7) is 5.48. The number of unbranched alkanes of at least 4 members (excludes halogenated alkanes) is 4. The minimum atomic E-state index is -0.335. The molecule has 0 spiro atoms. The van der Waals surface area contributed by atoms with E-state index in [1.807, 2.05) is 6.07 Å². The molecule has 2 aromatic rings. The third kappa shape index (κ3) is 8.67. The predicted molar refractivity (Wildman–Crippen MR) is 133 cm³/mol. The Balaban J connectivity index is 1.88. The van der Waals surface area contributed by atoms with Crippen LogP contribution in [-0.2, 0) is 0 Å². The molecule has 6 nitrogen and oxygen atoms in total. The number of para-hydroxylation sites is 1. The van der Waals surface area contributed by atoms with E-state index in [1.54, 1.807) is 42.5 Å². The van der Waals surface area contributed by atoms with Gasteiger partial charge in [-0.2, -0.15) is 0 Å². The van der Waals surface area contributed by atoms with E-state index in [-0.39, 0.29) is 16.9 Å². The van der Waals surface area contributed by atoms with Crippen molar-refractivity contribution >= 4 is 34.8 Å². The topological polar surface area (TPSA) is 79.5 Å². The first kappa shape index (κ1) is 25.3. The number of hydrogen-bond donors (Lipinski definition) is 3. The largest absolute Gasteiger partial charge is 0.493 e. The number of nitrogens with one attached hydrogen (secondary N) is 3. The molecule has 0 aliphatic carbocycles. The van der Waals surface area contributed by atoms with Gasteiger partial charge in [0.25, 0.3) is 11.8 Å². The molecule has 0 aliphatic heterocycles. The van der Waals surface area contributed by atoms with Gasteiger partial charge >= 0.3 is 0 Å². The first-order chi connectivity index (χ1) is 15.5. The molecule has 0 atom stereocenters. The third-order valence-electron chi connectivity index (χ3n) is 4.84. The second kappa shape index (κ2) is 14.2. The highest BCUT2D eigenvalue weighted by molar-refractivity contribution is 7.80. The van der Waals surface area contributed by atoms with Gasteiger partial charge in [0.2, 0.25) is 0 Å². The monoisotopic (exact) mass is 455 g/mol. The molecule has 0 aliphatic rings. The number of amides is 2. The average Bonchev–Trinajstić information content (AvgIpc) is 2.79. The van der Waals surface area contributed by atoms with Gasteiger partial charge in [0.15, 0.2) is 5.11 Å². The van der Waals surface area contributed by atoms with Gasteiger partial charge in [-0.15, -0.1) is 0 Å². The van der Waals surface area contributed by atoms with Crippen LogP contribution in [0.3, 0.4) is 0 Å². The normalized spacial score (nSPS) is 10.3. The van der Waals surface area contributed by atoms with Crippen LogP contribution in [0.1, 0.15) is 73.1 Å². The van der Waals surface area contributed by atoms with Crippen LogP contribution in [0.5, 0.6) is 5.75 Å². The fourth-order valence-corrected chi connectivity index (χ4v) is 3.22. The highest BCUT2D eigenvalue weighted by atomic mass is 32.1. The van der Waals surface area contributed by atoms with Gasteiger partial charge in [0.1, 0.15) is 5.75 Å². The lowest BCUT2D eigenvalue weighted by Crippen LogP contribution is -2.34. The number of rotatable bonds is 12. The first-order valence-electron chi connectivity index (χ1n) is 11.3. The van der Waals surface area contributed by atoms with Crippen LogP contribution in [-0.4, -0.2) is 30.1 Å². The summed E-state index contributed by atoms with van der Waals surface area (Å²) in [7, 11) is 0. The van der Waals surface area contributed by atoms with E-state index in [0.717, 1.165) is 32.1 Å². The van der Waals surface area contributed by atoms with Crippen molar-refractivity contribution in [1.29, 1.82) is 0 Å². The fourth-order valence-electron chi connectivity index (χ4n) is 3.01. The SMILES string of the molecule is CCCCCCOc1ccccc1C(=O)NC(=S)Nc1ccc(C(=O)NCCCC)cc1. The number of thiocarbonyl (C=S) groups is 1. The van der Waals surface area contributed by atoms with E-state index in [9.17, 15) is 9.59 Å². The Kier molecular flexibility index (Phi) is 11.2. The van der Waals surface area contributed by atoms with E-state index in [4.69, 9.17) is 17.0 Å². The van der Waals surface area contributed by atoms with E-state index in [1.165, 1.54) is 6.42 Å². The van der Waals surface area contributed by atoms with E-state index in [0.29, 0.717) is 35.7 Å². The summed E-state index contributed by atoms with van der Waals surface area (Å²) in [6, 6.07) is 14.1. The minimum absolute atomic E-state index is 0.104. The van der Waals surface area contributed by atoms with Crippen molar-refractivity contribution in [2.75, 3.05) is 18.5 Å². The zero-order chi connectivity index (χ0) is 23.2. The third-order valence-corrected chi connectivity index (χ3v) is 5.04. The summed E-state index contributed by atoms with van der Waals surface area (Å²) < 4.78 is 5.81. The number of carbonyl (C=O) groups is 2. The van der Waals surface area contributed by atoms with Crippen molar-refractivity contribution in [2.45, 2.75) is 52.4 Å². The summed E-state index contributed by atoms with van der Waals surface area (Å²) in [5, 5.41) is 8.72. The van der Waals surface area contributed by atoms with Crippen molar-refractivity contribution in [1.82, 2.24) is 10.6 Å². The summed E-state index contributed by atoms with van der Waals surface area (Å²) >= 11 is 5.28. The Morgan fingerprint density at radius 1 is 0.875 bits per heavy atom. The molecular weight excluding hydrogens is 422 g/mol. The van der Waals surface area contributed by atoms with Gasteiger partial charge in [0, 0.05) is 17.8 Å². The van der Waals surface area contributed by atoms with E-state index >= 15 is 0 Å².